The molecule has 0 unspecified atom stereocenters. The van der Waals surface area contributed by atoms with Crippen LogP contribution in [0.1, 0.15) is 5.56 Å². The molecule has 0 amide bonds. The summed E-state index contributed by atoms with van der Waals surface area (Å²) in [5.74, 6) is 3.58. The van der Waals surface area contributed by atoms with Crippen molar-refractivity contribution in [3.8, 4) is 0 Å². The van der Waals surface area contributed by atoms with Gasteiger partial charge in [-0.15, -0.1) is 0 Å². The molecule has 1 fully saturated rings. The van der Waals surface area contributed by atoms with Crippen molar-refractivity contribution in [1.29, 1.82) is 0 Å². The molecule has 0 aliphatic carbocycles. The third kappa shape index (κ3) is 2.75. The molecule has 0 N–H and O–H groups in total. The fourth-order valence-corrected chi connectivity index (χ4v) is 5.34. The maximum Gasteiger partial charge on any atom is 0.0550 e. The summed E-state index contributed by atoms with van der Waals surface area (Å²) in [5, 5.41) is 0. The fourth-order valence-electron chi connectivity index (χ4n) is 1.64. The van der Waals surface area contributed by atoms with E-state index < -0.39 is 8.46 Å². The van der Waals surface area contributed by atoms with Crippen LogP contribution in [0.25, 0.3) is 0 Å². The normalized spacial score (nSPS) is 22.9. The van der Waals surface area contributed by atoms with Gasteiger partial charge in [-0.1, -0.05) is 30.3 Å². The van der Waals surface area contributed by atoms with Crippen molar-refractivity contribution in [2.75, 3.05) is 24.7 Å². The van der Waals surface area contributed by atoms with Crippen molar-refractivity contribution in [3.63, 3.8) is 0 Å². The van der Waals surface area contributed by atoms with E-state index in [1.807, 2.05) is 0 Å². The van der Waals surface area contributed by atoms with Gasteiger partial charge in [-0.3, -0.25) is 0 Å². The van der Waals surface area contributed by atoms with Crippen LogP contribution in [0.4, 0.5) is 0 Å². The first-order valence-corrected chi connectivity index (χ1v) is 8.85. The highest BCUT2D eigenvalue weighted by Crippen LogP contribution is 2.58. The summed E-state index contributed by atoms with van der Waals surface area (Å²) in [5.41, 5.74) is 1.45. The first-order chi connectivity index (χ1) is 6.79. The zero-order chi connectivity index (χ0) is 9.86. The average Bonchev–Trinajstić information content (AvgIpc) is 2.19. The lowest BCUT2D eigenvalue weighted by Crippen LogP contribution is -2.20. The minimum absolute atomic E-state index is 0.606. The van der Waals surface area contributed by atoms with Gasteiger partial charge >= 0.3 is 0 Å². The molecule has 1 aliphatic rings. The van der Waals surface area contributed by atoms with Gasteiger partial charge in [0, 0.05) is 17.3 Å². The molecule has 0 radical (unpaired) electrons. The minimum atomic E-state index is -0.606. The van der Waals surface area contributed by atoms with Crippen LogP contribution in [-0.4, -0.2) is 24.7 Å². The summed E-state index contributed by atoms with van der Waals surface area (Å²) in [6.45, 7) is 1.85. The molecule has 0 atom stereocenters. The Morgan fingerprint density at radius 2 is 1.79 bits per heavy atom. The Morgan fingerprint density at radius 1 is 1.14 bits per heavy atom. The van der Waals surface area contributed by atoms with Crippen molar-refractivity contribution in [1.82, 2.24) is 0 Å². The molecule has 1 heterocycles. The SMILES string of the molecule is BrS1(Cc2ccccc2)CCOCC1. The minimum Gasteiger partial charge on any atom is -0.380 e. The van der Waals surface area contributed by atoms with Crippen LogP contribution in [-0.2, 0) is 10.5 Å². The third-order valence-corrected chi connectivity index (χ3v) is 7.73. The molecule has 0 saturated carbocycles. The molecule has 3 heteroatoms. The number of hydrogen-bond acceptors (Lipinski definition) is 1. The van der Waals surface area contributed by atoms with Gasteiger partial charge in [0.25, 0.3) is 0 Å². The topological polar surface area (TPSA) is 9.23 Å². The highest BCUT2D eigenvalue weighted by molar-refractivity contribution is 9.58. The fraction of sp³-hybridized carbons (Fsp3) is 0.455. The lowest BCUT2D eigenvalue weighted by Gasteiger charge is -2.37. The van der Waals surface area contributed by atoms with E-state index in [1.165, 1.54) is 22.8 Å². The van der Waals surface area contributed by atoms with Crippen LogP contribution < -0.4 is 0 Å². The van der Waals surface area contributed by atoms with E-state index in [1.54, 1.807) is 0 Å². The van der Waals surface area contributed by atoms with Gasteiger partial charge in [0.1, 0.15) is 0 Å². The lowest BCUT2D eigenvalue weighted by molar-refractivity contribution is 0.159. The van der Waals surface area contributed by atoms with E-state index in [9.17, 15) is 0 Å². The van der Waals surface area contributed by atoms with Crippen molar-refractivity contribution in [2.45, 2.75) is 5.75 Å². The number of ether oxygens (including phenoxy) is 1. The number of halogens is 1. The molecular formula is C11H15BrOS. The third-order valence-electron chi connectivity index (χ3n) is 2.46. The summed E-state index contributed by atoms with van der Waals surface area (Å²) < 4.78 is 5.39. The van der Waals surface area contributed by atoms with Gasteiger partial charge in [0.2, 0.25) is 0 Å². The largest absolute Gasteiger partial charge is 0.380 e. The summed E-state index contributed by atoms with van der Waals surface area (Å²) >= 11 is 3.94. The molecule has 1 nitrogen and oxygen atoms in total. The van der Waals surface area contributed by atoms with Crippen molar-refractivity contribution >= 4 is 23.3 Å². The van der Waals surface area contributed by atoms with Crippen LogP contribution in [0.15, 0.2) is 30.3 Å². The Kier molecular flexibility index (Phi) is 3.52. The van der Waals surface area contributed by atoms with Gasteiger partial charge in [-0.2, -0.15) is 8.46 Å². The summed E-state index contributed by atoms with van der Waals surface area (Å²) in [6.07, 6.45) is 0. The van der Waals surface area contributed by atoms with Crippen molar-refractivity contribution in [3.05, 3.63) is 35.9 Å². The molecule has 1 saturated heterocycles. The summed E-state index contributed by atoms with van der Waals surface area (Å²) in [6, 6.07) is 10.7. The van der Waals surface area contributed by atoms with Gasteiger partial charge < -0.3 is 4.74 Å². The van der Waals surface area contributed by atoms with Crippen LogP contribution >= 0.6 is 23.3 Å². The maximum absolute atomic E-state index is 5.39. The molecular weight excluding hydrogens is 260 g/mol. The van der Waals surface area contributed by atoms with Gasteiger partial charge in [-0.05, 0) is 20.4 Å². The Bertz CT molecular complexity index is 283. The monoisotopic (exact) mass is 274 g/mol. The maximum atomic E-state index is 5.39. The molecule has 0 spiro atoms. The zero-order valence-electron chi connectivity index (χ0n) is 8.12. The quantitative estimate of drug-likeness (QED) is 0.804. The number of rotatable bonds is 2. The highest BCUT2D eigenvalue weighted by Gasteiger charge is 2.24. The second kappa shape index (κ2) is 4.69. The predicted octanol–water partition coefficient (Wildman–Crippen LogP) is 3.33. The molecule has 1 aromatic rings. The van der Waals surface area contributed by atoms with Crippen LogP contribution in [0.2, 0.25) is 0 Å². The van der Waals surface area contributed by atoms with Crippen molar-refractivity contribution < 1.29 is 4.74 Å². The first-order valence-electron chi connectivity index (χ1n) is 4.86. The lowest BCUT2D eigenvalue weighted by atomic mass is 10.2. The molecule has 78 valence electrons. The standard InChI is InChI=1S/C11H15BrOS/c12-14(8-6-13-7-9-14)10-11-4-2-1-3-5-11/h1-5H,6-10H2. The highest BCUT2D eigenvalue weighted by atomic mass is 79.9. The molecule has 2 rings (SSSR count). The molecule has 1 aromatic carbocycles. The molecule has 0 bridgehead atoms. The average molecular weight is 275 g/mol. The van der Waals surface area contributed by atoms with Gasteiger partial charge in [-0.25, -0.2) is 0 Å². The first kappa shape index (κ1) is 10.5. The Morgan fingerprint density at radius 3 is 2.43 bits per heavy atom. The summed E-state index contributed by atoms with van der Waals surface area (Å²) in [4.78, 5) is 0. The van der Waals surface area contributed by atoms with E-state index >= 15 is 0 Å². The molecule has 1 aliphatic heterocycles. The Hall–Kier alpha value is 0.01000. The van der Waals surface area contributed by atoms with Gasteiger partial charge in [0.15, 0.2) is 0 Å². The molecule has 14 heavy (non-hydrogen) atoms. The number of benzene rings is 1. The Balaban J connectivity index is 2.02. The van der Waals surface area contributed by atoms with Crippen LogP contribution in [0, 0.1) is 0 Å². The van der Waals surface area contributed by atoms with E-state index in [4.69, 9.17) is 4.74 Å². The predicted molar refractivity (Wildman–Crippen MR) is 67.2 cm³/mol. The van der Waals surface area contributed by atoms with E-state index in [0.29, 0.717) is 0 Å². The van der Waals surface area contributed by atoms with Gasteiger partial charge in [0.05, 0.1) is 13.2 Å². The smallest absolute Gasteiger partial charge is 0.0550 e. The molecule has 0 aromatic heterocycles. The second-order valence-corrected chi connectivity index (χ2v) is 10.7. The van der Waals surface area contributed by atoms with Crippen molar-refractivity contribution in [2.24, 2.45) is 0 Å². The van der Waals surface area contributed by atoms with E-state index in [2.05, 4.69) is 45.1 Å². The van der Waals surface area contributed by atoms with E-state index in [0.717, 1.165) is 13.2 Å². The summed E-state index contributed by atoms with van der Waals surface area (Å²) in [7, 11) is -0.606. The Labute approximate surface area is 94.4 Å². The van der Waals surface area contributed by atoms with Crippen LogP contribution in [0.5, 0.6) is 0 Å². The second-order valence-electron chi connectivity index (χ2n) is 3.59. The van der Waals surface area contributed by atoms with Crippen LogP contribution in [0.3, 0.4) is 0 Å². The van der Waals surface area contributed by atoms with E-state index in [-0.39, 0.29) is 0 Å². The number of hydrogen-bond donors (Lipinski definition) is 0. The zero-order valence-corrected chi connectivity index (χ0v) is 10.5.